The number of nitrogens with one attached hydrogen (secondary N) is 2. The summed E-state index contributed by atoms with van der Waals surface area (Å²) < 4.78 is 0. The van der Waals surface area contributed by atoms with E-state index < -0.39 is 0 Å². The molecule has 0 aromatic heterocycles. The van der Waals surface area contributed by atoms with Crippen LogP contribution < -0.4 is 10.6 Å². The first-order chi connectivity index (χ1) is 11.0. The number of carbonyl (C=O) groups is 2. The molecule has 1 fully saturated rings. The molecule has 2 N–H and O–H groups in total. The zero-order valence-corrected chi connectivity index (χ0v) is 13.3. The van der Waals surface area contributed by atoms with Gasteiger partial charge in [-0.25, -0.2) is 0 Å². The Labute approximate surface area is 135 Å². The van der Waals surface area contributed by atoms with E-state index in [2.05, 4.69) is 17.6 Å². The van der Waals surface area contributed by atoms with E-state index in [1.807, 2.05) is 31.2 Å². The first kappa shape index (κ1) is 15.3. The van der Waals surface area contributed by atoms with E-state index in [-0.39, 0.29) is 17.7 Å². The lowest BCUT2D eigenvalue weighted by atomic mass is 10.1. The first-order valence-corrected chi connectivity index (χ1v) is 7.82. The Morgan fingerprint density at radius 2 is 1.65 bits per heavy atom. The highest BCUT2D eigenvalue weighted by molar-refractivity contribution is 6.05. The molecule has 1 saturated carbocycles. The van der Waals surface area contributed by atoms with Crippen LogP contribution in [-0.2, 0) is 4.79 Å². The number of rotatable bonds is 4. The van der Waals surface area contributed by atoms with Gasteiger partial charge in [-0.15, -0.1) is 0 Å². The number of aryl methyl sites for hydroxylation is 1. The molecule has 1 aliphatic rings. The third kappa shape index (κ3) is 3.77. The van der Waals surface area contributed by atoms with E-state index in [4.69, 9.17) is 0 Å². The van der Waals surface area contributed by atoms with Gasteiger partial charge in [-0.2, -0.15) is 0 Å². The van der Waals surface area contributed by atoms with Crippen LogP contribution in [0.25, 0.3) is 0 Å². The van der Waals surface area contributed by atoms with Gasteiger partial charge in [0.1, 0.15) is 0 Å². The predicted octanol–water partition coefficient (Wildman–Crippen LogP) is 3.84. The van der Waals surface area contributed by atoms with Crippen LogP contribution in [0.5, 0.6) is 0 Å². The van der Waals surface area contributed by atoms with Crippen molar-refractivity contribution >= 4 is 23.2 Å². The second-order valence-corrected chi connectivity index (χ2v) is 6.21. The summed E-state index contributed by atoms with van der Waals surface area (Å²) in [6, 6.07) is 14.7. The lowest BCUT2D eigenvalue weighted by Crippen LogP contribution is -2.16. The Bertz CT molecular complexity index is 755. The zero-order valence-electron chi connectivity index (χ0n) is 13.3. The maximum Gasteiger partial charge on any atom is 0.255 e. The Morgan fingerprint density at radius 1 is 1.00 bits per heavy atom. The van der Waals surface area contributed by atoms with Gasteiger partial charge in [0.05, 0.1) is 0 Å². The lowest BCUT2D eigenvalue weighted by molar-refractivity contribution is -0.117. The SMILES string of the molecule is Cc1cccc(NC(=O)c2cccc(NC(=O)C3CC3C)c2)c1. The predicted molar refractivity (Wildman–Crippen MR) is 91.5 cm³/mol. The lowest BCUT2D eigenvalue weighted by Gasteiger charge is -2.09. The van der Waals surface area contributed by atoms with Crippen molar-refractivity contribution in [1.82, 2.24) is 0 Å². The van der Waals surface area contributed by atoms with E-state index in [1.165, 1.54) is 0 Å². The maximum absolute atomic E-state index is 12.3. The van der Waals surface area contributed by atoms with Gasteiger partial charge >= 0.3 is 0 Å². The minimum absolute atomic E-state index is 0.0359. The third-order valence-corrected chi connectivity index (χ3v) is 4.11. The van der Waals surface area contributed by atoms with Gasteiger partial charge in [-0.3, -0.25) is 9.59 Å². The highest BCUT2D eigenvalue weighted by atomic mass is 16.2. The van der Waals surface area contributed by atoms with Crippen LogP contribution >= 0.6 is 0 Å². The topological polar surface area (TPSA) is 58.2 Å². The molecule has 2 aromatic carbocycles. The number of benzene rings is 2. The van der Waals surface area contributed by atoms with Gasteiger partial charge < -0.3 is 10.6 Å². The highest BCUT2D eigenvalue weighted by Crippen LogP contribution is 2.38. The molecule has 118 valence electrons. The molecule has 0 bridgehead atoms. The van der Waals surface area contributed by atoms with Crippen molar-refractivity contribution in [3.63, 3.8) is 0 Å². The second-order valence-electron chi connectivity index (χ2n) is 6.21. The Morgan fingerprint density at radius 3 is 2.30 bits per heavy atom. The molecular weight excluding hydrogens is 288 g/mol. The van der Waals surface area contributed by atoms with E-state index in [1.54, 1.807) is 24.3 Å². The summed E-state index contributed by atoms with van der Waals surface area (Å²) in [5.41, 5.74) is 3.03. The zero-order chi connectivity index (χ0) is 16.4. The minimum atomic E-state index is -0.188. The summed E-state index contributed by atoms with van der Waals surface area (Å²) in [5, 5.41) is 5.75. The minimum Gasteiger partial charge on any atom is -0.326 e. The van der Waals surface area contributed by atoms with Crippen molar-refractivity contribution < 1.29 is 9.59 Å². The van der Waals surface area contributed by atoms with Crippen molar-refractivity contribution in [3.05, 3.63) is 59.7 Å². The molecule has 2 atom stereocenters. The molecule has 2 aromatic rings. The summed E-state index contributed by atoms with van der Waals surface area (Å²) in [6.07, 6.45) is 0.944. The van der Waals surface area contributed by atoms with Crippen LogP contribution in [0.2, 0.25) is 0 Å². The summed E-state index contributed by atoms with van der Waals surface area (Å²) in [6.45, 7) is 4.04. The quantitative estimate of drug-likeness (QED) is 0.901. The molecule has 0 heterocycles. The van der Waals surface area contributed by atoms with Gasteiger partial charge in [0.25, 0.3) is 5.91 Å². The van der Waals surface area contributed by atoms with E-state index >= 15 is 0 Å². The van der Waals surface area contributed by atoms with E-state index in [0.29, 0.717) is 17.2 Å². The molecule has 3 rings (SSSR count). The van der Waals surface area contributed by atoms with Crippen LogP contribution in [0.3, 0.4) is 0 Å². The highest BCUT2D eigenvalue weighted by Gasteiger charge is 2.39. The van der Waals surface area contributed by atoms with Crippen LogP contribution in [-0.4, -0.2) is 11.8 Å². The molecule has 2 amide bonds. The van der Waals surface area contributed by atoms with Crippen molar-refractivity contribution in [3.8, 4) is 0 Å². The van der Waals surface area contributed by atoms with E-state index in [9.17, 15) is 9.59 Å². The summed E-state index contributed by atoms with van der Waals surface area (Å²) in [5.74, 6) is 0.419. The second kappa shape index (κ2) is 6.24. The average molecular weight is 308 g/mol. The standard InChI is InChI=1S/C19H20N2O2/c1-12-5-3-7-15(9-12)20-18(22)14-6-4-8-16(11-14)21-19(23)17-10-13(17)2/h3-9,11,13,17H,10H2,1-2H3,(H,20,22)(H,21,23). The Hall–Kier alpha value is -2.62. The van der Waals surface area contributed by atoms with Crippen LogP contribution in [0.15, 0.2) is 48.5 Å². The largest absolute Gasteiger partial charge is 0.326 e. The Balaban J connectivity index is 1.69. The fourth-order valence-electron chi connectivity index (χ4n) is 2.59. The first-order valence-electron chi connectivity index (χ1n) is 7.82. The van der Waals surface area contributed by atoms with E-state index in [0.717, 1.165) is 17.7 Å². The monoisotopic (exact) mass is 308 g/mol. The number of carbonyl (C=O) groups excluding carboxylic acids is 2. The smallest absolute Gasteiger partial charge is 0.255 e. The fourth-order valence-corrected chi connectivity index (χ4v) is 2.59. The van der Waals surface area contributed by atoms with Crippen LogP contribution in [0.1, 0.15) is 29.3 Å². The van der Waals surface area contributed by atoms with Gasteiger partial charge in [0.2, 0.25) is 5.91 Å². The fraction of sp³-hybridized carbons (Fsp3) is 0.263. The van der Waals surface area contributed by atoms with Crippen molar-refractivity contribution in [1.29, 1.82) is 0 Å². The number of amides is 2. The summed E-state index contributed by atoms with van der Waals surface area (Å²) in [4.78, 5) is 24.3. The molecule has 23 heavy (non-hydrogen) atoms. The van der Waals surface area contributed by atoms with Gasteiger partial charge in [0.15, 0.2) is 0 Å². The van der Waals surface area contributed by atoms with Gasteiger partial charge in [-0.05, 0) is 55.2 Å². The number of anilines is 2. The van der Waals surface area contributed by atoms with Crippen molar-refractivity contribution in [2.45, 2.75) is 20.3 Å². The van der Waals surface area contributed by atoms with Crippen molar-refractivity contribution in [2.24, 2.45) is 11.8 Å². The van der Waals surface area contributed by atoms with Crippen LogP contribution in [0, 0.1) is 18.8 Å². The summed E-state index contributed by atoms with van der Waals surface area (Å²) >= 11 is 0. The number of hydrogen-bond acceptors (Lipinski definition) is 2. The Kier molecular flexibility index (Phi) is 4.15. The molecule has 0 radical (unpaired) electrons. The normalized spacial score (nSPS) is 19.0. The maximum atomic E-state index is 12.3. The third-order valence-electron chi connectivity index (χ3n) is 4.11. The molecule has 0 aliphatic heterocycles. The molecular formula is C19H20N2O2. The molecule has 4 nitrogen and oxygen atoms in total. The molecule has 0 saturated heterocycles. The number of hydrogen-bond donors (Lipinski definition) is 2. The van der Waals surface area contributed by atoms with Crippen molar-refractivity contribution in [2.75, 3.05) is 10.6 Å². The van der Waals surface area contributed by atoms with Gasteiger partial charge in [-0.1, -0.05) is 25.1 Å². The molecule has 1 aliphatic carbocycles. The van der Waals surface area contributed by atoms with Gasteiger partial charge in [0, 0.05) is 22.9 Å². The average Bonchev–Trinajstić information content (AvgIpc) is 3.25. The summed E-state index contributed by atoms with van der Waals surface area (Å²) in [7, 11) is 0. The van der Waals surface area contributed by atoms with Crippen LogP contribution in [0.4, 0.5) is 11.4 Å². The molecule has 2 unspecified atom stereocenters. The molecule has 0 spiro atoms. The molecule has 4 heteroatoms.